The fourth-order valence-electron chi connectivity index (χ4n) is 3.65. The van der Waals surface area contributed by atoms with E-state index in [2.05, 4.69) is 57.0 Å². The van der Waals surface area contributed by atoms with Crippen molar-refractivity contribution in [1.82, 2.24) is 20.4 Å². The third-order valence-corrected chi connectivity index (χ3v) is 6.33. The molecule has 3 rings (SSSR count). The topological polar surface area (TPSA) is 52.1 Å². The molecule has 2 aliphatic rings. The first-order valence-corrected chi connectivity index (χ1v) is 10.5. The molecule has 1 saturated heterocycles. The molecule has 2 unspecified atom stereocenters. The Bertz CT molecular complexity index is 556. The van der Waals surface area contributed by atoms with Crippen LogP contribution in [0.3, 0.4) is 0 Å². The Labute approximate surface area is 184 Å². The smallest absolute Gasteiger partial charge is 0.191 e. The number of rotatable bonds is 8. The van der Waals surface area contributed by atoms with Gasteiger partial charge in [0.1, 0.15) is 0 Å². The zero-order valence-corrected chi connectivity index (χ0v) is 19.8. The highest BCUT2D eigenvalue weighted by molar-refractivity contribution is 14.0. The van der Waals surface area contributed by atoms with E-state index in [1.165, 1.54) is 17.7 Å². The van der Waals surface area contributed by atoms with Crippen molar-refractivity contribution < 1.29 is 4.74 Å². The summed E-state index contributed by atoms with van der Waals surface area (Å²) in [6, 6.07) is 5.32. The number of hydrogen-bond acceptors (Lipinski definition) is 5. The number of thiophene rings is 1. The van der Waals surface area contributed by atoms with Gasteiger partial charge >= 0.3 is 0 Å². The standard InChI is InChI=1S/C19H33N5OS.HI/c1-20-19(21-13-16(23(2)3)15-6-7-15)22-14-17(18-5-4-12-26-18)24-8-10-25-11-9-24;/h4-5,12,15-17H,6-11,13-14H2,1-3H3,(H2,20,21,22);1H. The second-order valence-electron chi connectivity index (χ2n) is 7.38. The molecule has 1 aromatic heterocycles. The minimum atomic E-state index is 0. The largest absolute Gasteiger partial charge is 0.379 e. The average molecular weight is 507 g/mol. The Morgan fingerprint density at radius 3 is 2.56 bits per heavy atom. The van der Waals surface area contributed by atoms with E-state index >= 15 is 0 Å². The van der Waals surface area contributed by atoms with Gasteiger partial charge in [-0.2, -0.15) is 0 Å². The minimum Gasteiger partial charge on any atom is -0.379 e. The molecule has 8 heteroatoms. The Morgan fingerprint density at radius 2 is 2.00 bits per heavy atom. The summed E-state index contributed by atoms with van der Waals surface area (Å²) in [4.78, 5) is 10.7. The van der Waals surface area contributed by atoms with Crippen molar-refractivity contribution in [3.05, 3.63) is 22.4 Å². The van der Waals surface area contributed by atoms with Crippen LogP contribution in [0.25, 0.3) is 0 Å². The van der Waals surface area contributed by atoms with Crippen LogP contribution in [0.5, 0.6) is 0 Å². The molecule has 2 heterocycles. The van der Waals surface area contributed by atoms with Crippen molar-refractivity contribution in [2.24, 2.45) is 10.9 Å². The van der Waals surface area contributed by atoms with Crippen LogP contribution in [-0.4, -0.2) is 82.3 Å². The summed E-state index contributed by atoms with van der Waals surface area (Å²) < 4.78 is 5.53. The summed E-state index contributed by atoms with van der Waals surface area (Å²) in [7, 11) is 6.20. The highest BCUT2D eigenvalue weighted by Gasteiger charge is 2.32. The molecule has 27 heavy (non-hydrogen) atoms. The molecule has 0 aromatic carbocycles. The maximum atomic E-state index is 5.53. The van der Waals surface area contributed by atoms with Gasteiger partial charge in [0.15, 0.2) is 5.96 Å². The van der Waals surface area contributed by atoms with Gasteiger partial charge < -0.3 is 20.3 Å². The first-order valence-electron chi connectivity index (χ1n) is 9.65. The molecule has 0 spiro atoms. The molecule has 1 aromatic rings. The lowest BCUT2D eigenvalue weighted by molar-refractivity contribution is 0.0177. The number of nitrogens with zero attached hydrogens (tertiary/aromatic N) is 3. The SMILES string of the molecule is CN=C(NCC(C1CC1)N(C)C)NCC(c1cccs1)N1CCOCC1.I. The van der Waals surface area contributed by atoms with Gasteiger partial charge in [0.05, 0.1) is 19.3 Å². The van der Waals surface area contributed by atoms with Crippen LogP contribution < -0.4 is 10.6 Å². The molecule has 0 amide bonds. The number of guanidine groups is 1. The summed E-state index contributed by atoms with van der Waals surface area (Å²) in [5.74, 6) is 1.73. The molecular formula is C19H34IN5OS. The summed E-state index contributed by atoms with van der Waals surface area (Å²) >= 11 is 1.83. The molecular weight excluding hydrogens is 473 g/mol. The maximum absolute atomic E-state index is 5.53. The lowest BCUT2D eigenvalue weighted by Gasteiger charge is -2.34. The number of nitrogens with one attached hydrogen (secondary N) is 2. The normalized spacial score (nSPS) is 20.8. The van der Waals surface area contributed by atoms with Gasteiger partial charge in [-0.1, -0.05) is 6.07 Å². The van der Waals surface area contributed by atoms with Gasteiger partial charge in [0, 0.05) is 44.1 Å². The Kier molecular flexibility index (Phi) is 9.78. The predicted octanol–water partition coefficient (Wildman–Crippen LogP) is 2.24. The number of ether oxygens (including phenoxy) is 1. The van der Waals surface area contributed by atoms with Crippen molar-refractivity contribution in [3.63, 3.8) is 0 Å². The molecule has 1 saturated carbocycles. The van der Waals surface area contributed by atoms with Crippen LogP contribution in [0.4, 0.5) is 0 Å². The van der Waals surface area contributed by atoms with Crippen molar-refractivity contribution in [2.45, 2.75) is 24.9 Å². The van der Waals surface area contributed by atoms with E-state index in [0.717, 1.165) is 51.3 Å². The molecule has 2 N–H and O–H groups in total. The van der Waals surface area contributed by atoms with Crippen LogP contribution in [0, 0.1) is 5.92 Å². The summed E-state index contributed by atoms with van der Waals surface area (Å²) in [6.07, 6.45) is 2.71. The molecule has 0 radical (unpaired) electrons. The second kappa shape index (κ2) is 11.5. The third-order valence-electron chi connectivity index (χ3n) is 5.35. The van der Waals surface area contributed by atoms with Gasteiger partial charge in [-0.3, -0.25) is 9.89 Å². The minimum absolute atomic E-state index is 0. The fourth-order valence-corrected chi connectivity index (χ4v) is 4.51. The van der Waals surface area contributed by atoms with Gasteiger partial charge in [0.25, 0.3) is 0 Å². The van der Waals surface area contributed by atoms with E-state index in [9.17, 15) is 0 Å². The molecule has 0 bridgehead atoms. The van der Waals surface area contributed by atoms with Gasteiger partial charge in [-0.25, -0.2) is 0 Å². The Balaban J connectivity index is 0.00000261. The van der Waals surface area contributed by atoms with Crippen molar-refractivity contribution in [3.8, 4) is 0 Å². The number of morpholine rings is 1. The molecule has 154 valence electrons. The lowest BCUT2D eigenvalue weighted by Crippen LogP contribution is -2.49. The first kappa shape index (κ1) is 22.9. The molecule has 2 atom stereocenters. The highest BCUT2D eigenvalue weighted by atomic mass is 127. The maximum Gasteiger partial charge on any atom is 0.191 e. The van der Waals surface area contributed by atoms with Crippen molar-refractivity contribution >= 4 is 41.3 Å². The Morgan fingerprint density at radius 1 is 1.30 bits per heavy atom. The van der Waals surface area contributed by atoms with Crippen LogP contribution in [0.15, 0.2) is 22.5 Å². The summed E-state index contributed by atoms with van der Waals surface area (Å²) in [5.41, 5.74) is 0. The van der Waals surface area contributed by atoms with E-state index in [0.29, 0.717) is 12.1 Å². The molecule has 1 aliphatic heterocycles. The van der Waals surface area contributed by atoms with E-state index in [4.69, 9.17) is 4.74 Å². The van der Waals surface area contributed by atoms with E-state index in [1.54, 1.807) is 0 Å². The molecule has 2 fully saturated rings. The monoisotopic (exact) mass is 507 g/mol. The predicted molar refractivity (Wildman–Crippen MR) is 124 cm³/mol. The summed E-state index contributed by atoms with van der Waals surface area (Å²) in [5, 5.41) is 9.25. The van der Waals surface area contributed by atoms with Gasteiger partial charge in [-0.05, 0) is 44.3 Å². The quantitative estimate of drug-likeness (QED) is 0.321. The van der Waals surface area contributed by atoms with Crippen molar-refractivity contribution in [2.75, 3.05) is 60.5 Å². The fraction of sp³-hybridized carbons (Fsp3) is 0.737. The Hall–Kier alpha value is -0.420. The average Bonchev–Trinajstić information content (AvgIpc) is 3.34. The number of likely N-dealkylation sites (N-methyl/N-ethyl adjacent to an activating group) is 1. The van der Waals surface area contributed by atoms with E-state index < -0.39 is 0 Å². The number of halogens is 1. The van der Waals surface area contributed by atoms with Crippen molar-refractivity contribution in [1.29, 1.82) is 0 Å². The molecule has 1 aliphatic carbocycles. The second-order valence-corrected chi connectivity index (χ2v) is 8.36. The lowest BCUT2D eigenvalue weighted by atomic mass is 10.1. The van der Waals surface area contributed by atoms with Crippen LogP contribution in [0.1, 0.15) is 23.8 Å². The first-order chi connectivity index (χ1) is 12.7. The number of aliphatic imine (C=N–C) groups is 1. The number of hydrogen-bond donors (Lipinski definition) is 2. The summed E-state index contributed by atoms with van der Waals surface area (Å²) in [6.45, 7) is 5.41. The van der Waals surface area contributed by atoms with Crippen LogP contribution in [-0.2, 0) is 4.74 Å². The van der Waals surface area contributed by atoms with E-state index in [-0.39, 0.29) is 24.0 Å². The third kappa shape index (κ3) is 6.85. The zero-order valence-electron chi connectivity index (χ0n) is 16.7. The zero-order chi connectivity index (χ0) is 18.4. The molecule has 6 nitrogen and oxygen atoms in total. The highest BCUT2D eigenvalue weighted by Crippen LogP contribution is 2.34. The van der Waals surface area contributed by atoms with Crippen LogP contribution in [0.2, 0.25) is 0 Å². The van der Waals surface area contributed by atoms with Gasteiger partial charge in [-0.15, -0.1) is 35.3 Å². The van der Waals surface area contributed by atoms with Gasteiger partial charge in [0.2, 0.25) is 0 Å². The van der Waals surface area contributed by atoms with E-state index in [1.807, 2.05) is 18.4 Å². The van der Waals surface area contributed by atoms with Crippen LogP contribution >= 0.6 is 35.3 Å².